The molecule has 0 aromatic carbocycles. The zero-order valence-corrected chi connectivity index (χ0v) is 38.0. The van der Waals surface area contributed by atoms with E-state index in [4.69, 9.17) is 0 Å². The number of hydrogen-bond donors (Lipinski definition) is 0. The Bertz CT molecular complexity index is 2310. The van der Waals surface area contributed by atoms with Crippen LogP contribution in [0, 0.1) is 0 Å². The van der Waals surface area contributed by atoms with E-state index in [2.05, 4.69) is 0 Å². The minimum Gasteiger partial charge on any atom is -0.227 e. The van der Waals surface area contributed by atoms with Crippen LogP contribution in [0.15, 0.2) is 0 Å². The molecular weight excluding hydrogens is 1500 g/mol. The molecule has 89 heavy (non-hydrogen) atoms. The summed E-state index contributed by atoms with van der Waals surface area (Å²) in [6, 6.07) is 0. The SMILES string of the molecule is O=P(OC(F)(F)C(F)(F)C(F)(F)C(F)(F)C(F)(F)C(F)(F)C(F)(F)C(F)(F)C(F)(F)F)(OC(F)(F)C(F)(F)C(F)(F)C(F)(F)C(F)(F)C(F)(F)C(F)(F)C(F)(F)C(F)(F)F)OC(F)(F)C(F)(F)C(F)(F)C(F)(F)C(F)(F)C(F)(F)C(F)(F)C(F)(F)C(F)(F)F. The zero-order chi connectivity index (χ0) is 74.1. The summed E-state index contributed by atoms with van der Waals surface area (Å²) in [4.78, 5) is 0. The van der Waals surface area contributed by atoms with Gasteiger partial charge in [-0.15, -0.1) is 0 Å². The Hall–Kier alpha value is -3.88. The first-order valence-corrected chi connectivity index (χ1v) is 19.6. The highest BCUT2D eigenvalue weighted by molar-refractivity contribution is 7.48. The largest absolute Gasteiger partial charge is 0.489 e. The number of hydrogen-bond acceptors (Lipinski definition) is 4. The first-order chi connectivity index (χ1) is 37.1. The van der Waals surface area contributed by atoms with Gasteiger partial charge in [-0.25, -0.2) is 18.1 Å². The summed E-state index contributed by atoms with van der Waals surface area (Å²) in [6.45, 7) is 0. The number of alkyl halides is 57. The van der Waals surface area contributed by atoms with Crippen molar-refractivity contribution in [3.63, 3.8) is 0 Å². The molecule has 0 aromatic rings. The van der Waals surface area contributed by atoms with E-state index in [1.165, 1.54) is 0 Å². The molecule has 0 aliphatic rings. The first kappa shape index (κ1) is 85.1. The molecule has 0 bridgehead atoms. The van der Waals surface area contributed by atoms with E-state index in [0.717, 1.165) is 0 Å². The Morgan fingerprint density at radius 2 is 0.213 bits per heavy atom. The van der Waals surface area contributed by atoms with Gasteiger partial charge in [0.15, 0.2) is 0 Å². The molecule has 0 amide bonds. The summed E-state index contributed by atoms with van der Waals surface area (Å²) < 4.78 is 794. The van der Waals surface area contributed by atoms with E-state index in [1.54, 1.807) is 0 Å². The minimum absolute atomic E-state index is 0.425. The van der Waals surface area contributed by atoms with Crippen molar-refractivity contribution < 1.29 is 268 Å². The number of halogens is 57. The van der Waals surface area contributed by atoms with Gasteiger partial charge in [0, 0.05) is 0 Å². The standard InChI is InChI=1S/C27F57O4P/c28-1(29,4(34,35)10(46,47)16(58,59)22(70,71)72)7(40,41)13(52,53)19(64,65)25(79,80)86-89(85,87-26(81,82)20(66,67)14(54,55)8(42,43)2(30,31)5(36,37)11(48,49)17(60,61)23(73,74)75)88-27(83,84)21(68,69)15(56,57)9(44,45)3(32,33)6(38,39)12(50,51)18(62,63)24(76,77)78. The van der Waals surface area contributed by atoms with Crippen LogP contribution >= 0.6 is 7.82 Å². The van der Waals surface area contributed by atoms with Crippen LogP contribution in [0.2, 0.25) is 0 Å². The molecule has 0 aliphatic heterocycles. The maximum Gasteiger partial charge on any atom is 0.489 e. The van der Waals surface area contributed by atoms with Gasteiger partial charge in [-0.2, -0.15) is 250 Å². The van der Waals surface area contributed by atoms with Crippen molar-refractivity contribution >= 4 is 7.82 Å². The van der Waals surface area contributed by atoms with E-state index in [-0.39, 0.29) is 0 Å². The lowest BCUT2D eigenvalue weighted by Crippen LogP contribution is -2.76. The topological polar surface area (TPSA) is 44.8 Å². The average Bonchev–Trinajstić information content (AvgIpc) is 3.25. The third kappa shape index (κ3) is 10.7. The van der Waals surface area contributed by atoms with Crippen molar-refractivity contribution in [1.29, 1.82) is 0 Å². The van der Waals surface area contributed by atoms with Crippen LogP contribution in [0.25, 0.3) is 0 Å². The molecule has 4 nitrogen and oxygen atoms in total. The minimum atomic E-state index is -12.1. The predicted octanol–water partition coefficient (Wildman–Crippen LogP) is 19.0. The Labute approximate surface area is 439 Å². The lowest BCUT2D eigenvalue weighted by atomic mass is 9.88. The van der Waals surface area contributed by atoms with Gasteiger partial charge < -0.3 is 0 Å². The molecule has 536 valence electrons. The molecule has 0 aromatic heterocycles. The summed E-state index contributed by atoms with van der Waals surface area (Å²) in [7, 11) is -12.1. The Balaban J connectivity index is 9.27. The maximum absolute atomic E-state index is 14.6. The van der Waals surface area contributed by atoms with E-state index in [9.17, 15) is 255 Å². The van der Waals surface area contributed by atoms with Gasteiger partial charge in [-0.05, 0) is 0 Å². The zero-order valence-electron chi connectivity index (χ0n) is 37.1. The smallest absolute Gasteiger partial charge is 0.227 e. The van der Waals surface area contributed by atoms with Crippen molar-refractivity contribution in [2.24, 2.45) is 0 Å². The second-order valence-electron chi connectivity index (χ2n) is 15.8. The van der Waals surface area contributed by atoms with Crippen LogP contribution in [-0.4, -0.2) is 161 Å². The molecule has 0 spiro atoms. The van der Waals surface area contributed by atoms with Gasteiger partial charge in [-0.3, -0.25) is 0 Å². The summed E-state index contributed by atoms with van der Waals surface area (Å²) >= 11 is 0. The molecule has 0 unspecified atom stereocenters. The van der Waals surface area contributed by atoms with Crippen molar-refractivity contribution in [2.75, 3.05) is 0 Å². The molecule has 0 radical (unpaired) electrons. The molecule has 0 saturated heterocycles. The van der Waals surface area contributed by atoms with E-state index in [0.29, 0.717) is 13.6 Å². The molecule has 0 heterocycles. The monoisotopic (exact) mass is 1500 g/mol. The highest BCUT2D eigenvalue weighted by Gasteiger charge is 3.01. The summed E-state index contributed by atoms with van der Waals surface area (Å²) in [6.07, 6.45) is -57.8. The average molecular weight is 1500 g/mol. The van der Waals surface area contributed by atoms with Gasteiger partial charge in [0.2, 0.25) is 0 Å². The predicted molar refractivity (Wildman–Crippen MR) is 148 cm³/mol. The maximum atomic E-state index is 14.6. The van der Waals surface area contributed by atoms with Crippen LogP contribution < -0.4 is 0 Å². The molecule has 0 N–H and O–H groups in total. The van der Waals surface area contributed by atoms with Crippen LogP contribution in [0.5, 0.6) is 0 Å². The number of rotatable bonds is 27. The Morgan fingerprint density at radius 1 is 0.135 bits per heavy atom. The fourth-order valence-electron chi connectivity index (χ4n) is 4.69. The van der Waals surface area contributed by atoms with Gasteiger partial charge in [0.05, 0.1) is 0 Å². The van der Waals surface area contributed by atoms with Crippen molar-refractivity contribution in [3.8, 4) is 0 Å². The molecule has 0 saturated carbocycles. The quantitative estimate of drug-likeness (QED) is 0.0607. The van der Waals surface area contributed by atoms with E-state index < -0.39 is 169 Å². The summed E-state index contributed by atoms with van der Waals surface area (Å²) in [5.74, 6) is -216. The summed E-state index contributed by atoms with van der Waals surface area (Å²) in [5.41, 5.74) is 0. The second-order valence-corrected chi connectivity index (χ2v) is 17.3. The number of phosphoric ester groups is 1. The third-order valence-corrected chi connectivity index (χ3v) is 11.3. The second kappa shape index (κ2) is 20.8. The van der Waals surface area contributed by atoms with Crippen LogP contribution in [-0.2, 0) is 18.1 Å². The number of phosphoric acid groups is 1. The molecular formula is C27F57O4P. The van der Waals surface area contributed by atoms with Crippen LogP contribution in [0.4, 0.5) is 250 Å². The molecule has 0 atom stereocenters. The third-order valence-electron chi connectivity index (χ3n) is 9.94. The fraction of sp³-hybridized carbons (Fsp3) is 1.00. The normalized spacial score (nSPS) is 17.4. The molecule has 0 rings (SSSR count). The van der Waals surface area contributed by atoms with Gasteiger partial charge in [0.25, 0.3) is 0 Å². The van der Waals surface area contributed by atoms with E-state index in [1.807, 2.05) is 0 Å². The van der Waals surface area contributed by atoms with E-state index >= 15 is 0 Å². The summed E-state index contributed by atoms with van der Waals surface area (Å²) in [5, 5.41) is 0. The lowest BCUT2D eigenvalue weighted by Gasteiger charge is -2.45. The molecule has 0 fully saturated rings. The lowest BCUT2D eigenvalue weighted by molar-refractivity contribution is -0.484. The Morgan fingerprint density at radius 3 is 0.303 bits per heavy atom. The van der Waals surface area contributed by atoms with Gasteiger partial charge >= 0.3 is 169 Å². The van der Waals surface area contributed by atoms with Crippen molar-refractivity contribution in [3.05, 3.63) is 0 Å². The fourth-order valence-corrected chi connectivity index (χ4v) is 5.99. The van der Waals surface area contributed by atoms with Gasteiger partial charge in [-0.1, -0.05) is 0 Å². The molecule has 0 aliphatic carbocycles. The van der Waals surface area contributed by atoms with Crippen LogP contribution in [0.3, 0.4) is 0 Å². The first-order valence-electron chi connectivity index (χ1n) is 18.1. The molecule has 62 heteroatoms. The van der Waals surface area contributed by atoms with Crippen molar-refractivity contribution in [1.82, 2.24) is 0 Å². The van der Waals surface area contributed by atoms with Crippen LogP contribution in [0.1, 0.15) is 0 Å². The highest BCUT2D eigenvalue weighted by atomic mass is 31.2. The highest BCUT2D eigenvalue weighted by Crippen LogP contribution is 2.74. The van der Waals surface area contributed by atoms with Crippen molar-refractivity contribution in [2.45, 2.75) is 161 Å². The Kier molecular flexibility index (Phi) is 19.9. The van der Waals surface area contributed by atoms with Gasteiger partial charge in [0.1, 0.15) is 0 Å².